The van der Waals surface area contributed by atoms with E-state index in [1.807, 2.05) is 19.2 Å². The van der Waals surface area contributed by atoms with Crippen molar-refractivity contribution in [3.63, 3.8) is 0 Å². The third-order valence-electron chi connectivity index (χ3n) is 3.56. The predicted octanol–water partition coefficient (Wildman–Crippen LogP) is 3.39. The first kappa shape index (κ1) is 13.2. The van der Waals surface area contributed by atoms with E-state index in [2.05, 4.69) is 26.1 Å². The number of hydrogen-bond donors (Lipinski definition) is 1. The highest BCUT2D eigenvalue weighted by Crippen LogP contribution is 2.27. The van der Waals surface area contributed by atoms with Crippen LogP contribution >= 0.6 is 0 Å². The fraction of sp³-hybridized carbons (Fsp3) is 0.571. The molecule has 0 aromatic heterocycles. The highest BCUT2D eigenvalue weighted by Gasteiger charge is 2.26. The summed E-state index contributed by atoms with van der Waals surface area (Å²) >= 11 is 0. The molecule has 2 heteroatoms. The van der Waals surface area contributed by atoms with Crippen LogP contribution in [0.3, 0.4) is 0 Å². The molecule has 16 heavy (non-hydrogen) atoms. The maximum absolute atomic E-state index is 12.8. The second-order valence-corrected chi connectivity index (χ2v) is 5.01. The third-order valence-corrected chi connectivity index (χ3v) is 3.56. The van der Waals surface area contributed by atoms with Crippen molar-refractivity contribution in [2.75, 3.05) is 7.05 Å². The van der Waals surface area contributed by atoms with Crippen LogP contribution in [0.1, 0.15) is 32.8 Å². The zero-order chi connectivity index (χ0) is 12.2. The van der Waals surface area contributed by atoms with Gasteiger partial charge in [-0.3, -0.25) is 0 Å². The van der Waals surface area contributed by atoms with Crippen molar-refractivity contribution in [2.45, 2.75) is 39.7 Å². The molecule has 90 valence electrons. The molecule has 0 bridgehead atoms. The predicted molar refractivity (Wildman–Crippen MR) is 67.0 cm³/mol. The Hall–Kier alpha value is -0.890. The number of nitrogens with one attached hydrogen (secondary N) is 1. The van der Waals surface area contributed by atoms with Gasteiger partial charge < -0.3 is 5.32 Å². The van der Waals surface area contributed by atoms with E-state index < -0.39 is 0 Å². The maximum atomic E-state index is 12.8. The molecular formula is C14H22FN. The molecule has 0 saturated heterocycles. The molecule has 0 aliphatic carbocycles. The van der Waals surface area contributed by atoms with Crippen molar-refractivity contribution in [3.05, 3.63) is 35.6 Å². The van der Waals surface area contributed by atoms with Crippen molar-refractivity contribution < 1.29 is 4.39 Å². The second kappa shape index (κ2) is 5.44. The molecule has 0 amide bonds. The number of likely N-dealkylation sites (N-methyl/N-ethyl adjacent to an activating group) is 1. The smallest absolute Gasteiger partial charge is 0.123 e. The van der Waals surface area contributed by atoms with Crippen LogP contribution in [0.25, 0.3) is 0 Å². The van der Waals surface area contributed by atoms with Crippen LogP contribution in [0.2, 0.25) is 0 Å². The van der Waals surface area contributed by atoms with Crippen molar-refractivity contribution in [1.82, 2.24) is 5.32 Å². The Morgan fingerprint density at radius 3 is 2.25 bits per heavy atom. The van der Waals surface area contributed by atoms with E-state index in [4.69, 9.17) is 0 Å². The number of benzene rings is 1. The molecule has 1 rings (SSSR count). The van der Waals surface area contributed by atoms with E-state index in [0.29, 0.717) is 6.04 Å². The summed E-state index contributed by atoms with van der Waals surface area (Å²) < 4.78 is 12.8. The van der Waals surface area contributed by atoms with Crippen LogP contribution in [0, 0.1) is 11.2 Å². The molecule has 1 atom stereocenters. The molecule has 1 unspecified atom stereocenters. The molecule has 0 heterocycles. The Bertz CT molecular complexity index is 316. The van der Waals surface area contributed by atoms with Crippen LogP contribution < -0.4 is 5.32 Å². The first-order chi connectivity index (χ1) is 7.49. The molecule has 1 aromatic rings. The van der Waals surface area contributed by atoms with Gasteiger partial charge in [-0.1, -0.05) is 32.9 Å². The first-order valence-electron chi connectivity index (χ1n) is 5.91. The monoisotopic (exact) mass is 223 g/mol. The van der Waals surface area contributed by atoms with Gasteiger partial charge in [-0.05, 0) is 43.0 Å². The summed E-state index contributed by atoms with van der Waals surface area (Å²) in [5.41, 5.74) is 1.44. The van der Waals surface area contributed by atoms with E-state index in [0.717, 1.165) is 12.8 Å². The topological polar surface area (TPSA) is 12.0 Å². The highest BCUT2D eigenvalue weighted by molar-refractivity contribution is 5.17. The lowest BCUT2D eigenvalue weighted by Crippen LogP contribution is -2.41. The second-order valence-electron chi connectivity index (χ2n) is 5.01. The van der Waals surface area contributed by atoms with Crippen LogP contribution in [-0.2, 0) is 6.42 Å². The summed E-state index contributed by atoms with van der Waals surface area (Å²) in [6.45, 7) is 6.73. The zero-order valence-electron chi connectivity index (χ0n) is 10.7. The minimum absolute atomic E-state index is 0.167. The van der Waals surface area contributed by atoms with Gasteiger partial charge in [-0.2, -0.15) is 0 Å². The standard InChI is InChI=1S/C14H22FN/c1-5-14(2,3)13(16-4)10-11-6-8-12(15)9-7-11/h6-9,13,16H,5,10H2,1-4H3. The van der Waals surface area contributed by atoms with Gasteiger partial charge in [0.15, 0.2) is 0 Å². The SMILES string of the molecule is CCC(C)(C)C(Cc1ccc(F)cc1)NC. The molecule has 1 aromatic carbocycles. The third kappa shape index (κ3) is 3.31. The minimum atomic E-state index is -0.167. The van der Waals surface area contributed by atoms with E-state index in [9.17, 15) is 4.39 Å². The minimum Gasteiger partial charge on any atom is -0.316 e. The lowest BCUT2D eigenvalue weighted by Gasteiger charge is -2.33. The Kier molecular flexibility index (Phi) is 4.48. The van der Waals surface area contributed by atoms with Gasteiger partial charge in [-0.25, -0.2) is 4.39 Å². The molecule has 1 N–H and O–H groups in total. The quantitative estimate of drug-likeness (QED) is 0.806. The fourth-order valence-electron chi connectivity index (χ4n) is 1.87. The molecule has 0 aliphatic rings. The fourth-order valence-corrected chi connectivity index (χ4v) is 1.87. The van der Waals surface area contributed by atoms with Crippen LogP contribution in [0.5, 0.6) is 0 Å². The Morgan fingerprint density at radius 1 is 1.25 bits per heavy atom. The summed E-state index contributed by atoms with van der Waals surface area (Å²) in [5, 5.41) is 3.36. The van der Waals surface area contributed by atoms with E-state index in [-0.39, 0.29) is 11.2 Å². The summed E-state index contributed by atoms with van der Waals surface area (Å²) in [7, 11) is 1.99. The number of halogens is 1. The van der Waals surface area contributed by atoms with E-state index >= 15 is 0 Å². The largest absolute Gasteiger partial charge is 0.316 e. The molecule has 0 fully saturated rings. The van der Waals surface area contributed by atoms with Gasteiger partial charge in [0.25, 0.3) is 0 Å². The molecule has 0 radical (unpaired) electrons. The van der Waals surface area contributed by atoms with Crippen molar-refractivity contribution in [3.8, 4) is 0 Å². The summed E-state index contributed by atoms with van der Waals surface area (Å²) in [4.78, 5) is 0. The lowest BCUT2D eigenvalue weighted by atomic mass is 9.79. The number of hydrogen-bond acceptors (Lipinski definition) is 1. The number of rotatable bonds is 5. The average Bonchev–Trinajstić information content (AvgIpc) is 2.28. The van der Waals surface area contributed by atoms with Crippen molar-refractivity contribution >= 4 is 0 Å². The Balaban J connectivity index is 2.74. The molecule has 1 nitrogen and oxygen atoms in total. The first-order valence-corrected chi connectivity index (χ1v) is 5.91. The molecule has 0 spiro atoms. The normalized spacial score (nSPS) is 13.8. The molecular weight excluding hydrogens is 201 g/mol. The summed E-state index contributed by atoms with van der Waals surface area (Å²) in [5.74, 6) is -0.167. The van der Waals surface area contributed by atoms with Crippen LogP contribution in [-0.4, -0.2) is 13.1 Å². The van der Waals surface area contributed by atoms with E-state index in [1.165, 1.54) is 17.7 Å². The summed E-state index contributed by atoms with van der Waals surface area (Å²) in [6.07, 6.45) is 2.07. The van der Waals surface area contributed by atoms with Gasteiger partial charge in [0.05, 0.1) is 0 Å². The molecule has 0 saturated carbocycles. The van der Waals surface area contributed by atoms with Crippen LogP contribution in [0.4, 0.5) is 4.39 Å². The maximum Gasteiger partial charge on any atom is 0.123 e. The van der Waals surface area contributed by atoms with Crippen molar-refractivity contribution in [1.29, 1.82) is 0 Å². The van der Waals surface area contributed by atoms with Crippen molar-refractivity contribution in [2.24, 2.45) is 5.41 Å². The Labute approximate surface area is 98.1 Å². The van der Waals surface area contributed by atoms with E-state index in [1.54, 1.807) is 0 Å². The lowest BCUT2D eigenvalue weighted by molar-refractivity contribution is 0.240. The van der Waals surface area contributed by atoms with Gasteiger partial charge in [0.2, 0.25) is 0 Å². The summed E-state index contributed by atoms with van der Waals surface area (Å²) in [6, 6.07) is 7.21. The Morgan fingerprint density at radius 2 is 1.81 bits per heavy atom. The average molecular weight is 223 g/mol. The highest BCUT2D eigenvalue weighted by atomic mass is 19.1. The van der Waals surface area contributed by atoms with Gasteiger partial charge in [0, 0.05) is 6.04 Å². The molecule has 0 aliphatic heterocycles. The van der Waals surface area contributed by atoms with Gasteiger partial charge in [-0.15, -0.1) is 0 Å². The van der Waals surface area contributed by atoms with Gasteiger partial charge >= 0.3 is 0 Å². The van der Waals surface area contributed by atoms with Crippen LogP contribution in [0.15, 0.2) is 24.3 Å². The van der Waals surface area contributed by atoms with Gasteiger partial charge in [0.1, 0.15) is 5.82 Å². The zero-order valence-corrected chi connectivity index (χ0v) is 10.7.